The molecule has 0 aliphatic carbocycles. The molecule has 0 saturated carbocycles. The summed E-state index contributed by atoms with van der Waals surface area (Å²) in [6.07, 6.45) is 0. The Morgan fingerprint density at radius 3 is 2.54 bits per heavy atom. The van der Waals surface area contributed by atoms with Crippen molar-refractivity contribution in [3.63, 3.8) is 0 Å². The number of nitrogens with one attached hydrogen (secondary N) is 2. The maximum atomic E-state index is 12.3. The van der Waals surface area contributed by atoms with Gasteiger partial charge in [-0.1, -0.05) is 23.8 Å². The number of carbonyl (C=O) groups excluding carboxylic acids is 2. The summed E-state index contributed by atoms with van der Waals surface area (Å²) in [6.45, 7) is 5.90. The van der Waals surface area contributed by atoms with Crippen molar-refractivity contribution >= 4 is 17.6 Å². The number of hydrogen-bond acceptors (Lipinski definition) is 2. The molecule has 0 aromatic heterocycles. The molecule has 5 nitrogen and oxygen atoms in total. The standard InChI is InChI=1S/C19H21N3O2/c1-13-3-4-16(14(2)11-13)12-21-18(23)15-5-7-17(8-6-15)22-10-9-20-19(22)24/h3-8,11H,9-10,12H2,1-2H3,(H,20,24)(H,21,23). The van der Waals surface area contributed by atoms with Crippen molar-refractivity contribution in [1.82, 2.24) is 10.6 Å². The van der Waals surface area contributed by atoms with Crippen molar-refractivity contribution in [3.05, 3.63) is 64.7 Å². The van der Waals surface area contributed by atoms with Gasteiger partial charge in [0.2, 0.25) is 0 Å². The zero-order valence-electron chi connectivity index (χ0n) is 13.9. The fourth-order valence-electron chi connectivity index (χ4n) is 2.83. The number of benzene rings is 2. The minimum Gasteiger partial charge on any atom is -0.348 e. The maximum absolute atomic E-state index is 12.3. The highest BCUT2D eigenvalue weighted by atomic mass is 16.2. The lowest BCUT2D eigenvalue weighted by Gasteiger charge is -2.14. The highest BCUT2D eigenvalue weighted by molar-refractivity contribution is 5.97. The van der Waals surface area contributed by atoms with Crippen LogP contribution >= 0.6 is 0 Å². The Hall–Kier alpha value is -2.82. The van der Waals surface area contributed by atoms with Crippen LogP contribution in [-0.4, -0.2) is 25.0 Å². The summed E-state index contributed by atoms with van der Waals surface area (Å²) in [6, 6.07) is 13.2. The number of anilines is 1. The minimum absolute atomic E-state index is 0.0953. The smallest absolute Gasteiger partial charge is 0.321 e. The molecule has 2 aromatic carbocycles. The van der Waals surface area contributed by atoms with Crippen LogP contribution in [0.1, 0.15) is 27.0 Å². The van der Waals surface area contributed by atoms with E-state index < -0.39 is 0 Å². The van der Waals surface area contributed by atoms with Gasteiger partial charge in [-0.3, -0.25) is 9.69 Å². The van der Waals surface area contributed by atoms with Gasteiger partial charge in [-0.2, -0.15) is 0 Å². The number of nitrogens with zero attached hydrogens (tertiary/aromatic N) is 1. The Kier molecular flexibility index (Phi) is 4.51. The fourth-order valence-corrected chi connectivity index (χ4v) is 2.83. The van der Waals surface area contributed by atoms with E-state index in [1.165, 1.54) is 11.1 Å². The van der Waals surface area contributed by atoms with Crippen LogP contribution in [-0.2, 0) is 6.54 Å². The van der Waals surface area contributed by atoms with Crippen LogP contribution in [0.2, 0.25) is 0 Å². The molecule has 1 saturated heterocycles. The Labute approximate surface area is 141 Å². The van der Waals surface area contributed by atoms with E-state index in [2.05, 4.69) is 23.6 Å². The first-order valence-corrected chi connectivity index (χ1v) is 8.04. The highest BCUT2D eigenvalue weighted by Gasteiger charge is 2.21. The summed E-state index contributed by atoms with van der Waals surface area (Å²) in [4.78, 5) is 25.6. The minimum atomic E-state index is -0.118. The van der Waals surface area contributed by atoms with Crippen LogP contribution in [0.5, 0.6) is 0 Å². The van der Waals surface area contributed by atoms with Gasteiger partial charge in [0, 0.05) is 30.9 Å². The van der Waals surface area contributed by atoms with Gasteiger partial charge >= 0.3 is 6.03 Å². The first kappa shape index (κ1) is 16.1. The van der Waals surface area contributed by atoms with Crippen LogP contribution in [0.25, 0.3) is 0 Å². The molecule has 0 spiro atoms. The number of aryl methyl sites for hydroxylation is 2. The molecule has 1 aliphatic rings. The maximum Gasteiger partial charge on any atom is 0.321 e. The summed E-state index contributed by atoms with van der Waals surface area (Å²) in [5.41, 5.74) is 4.88. The molecule has 1 heterocycles. The summed E-state index contributed by atoms with van der Waals surface area (Å²) in [7, 11) is 0. The third-order valence-corrected chi connectivity index (χ3v) is 4.24. The molecule has 1 aliphatic heterocycles. The lowest BCUT2D eigenvalue weighted by molar-refractivity contribution is 0.0951. The van der Waals surface area contributed by atoms with Crippen molar-refractivity contribution in [1.29, 1.82) is 0 Å². The third kappa shape index (κ3) is 3.40. The summed E-state index contributed by atoms with van der Waals surface area (Å²) in [5, 5.41) is 5.70. The zero-order chi connectivity index (χ0) is 17.1. The van der Waals surface area contributed by atoms with Crippen molar-refractivity contribution in [2.75, 3.05) is 18.0 Å². The molecular formula is C19H21N3O2. The highest BCUT2D eigenvalue weighted by Crippen LogP contribution is 2.17. The number of urea groups is 1. The number of hydrogen-bond donors (Lipinski definition) is 2. The number of amides is 3. The van der Waals surface area contributed by atoms with E-state index >= 15 is 0 Å². The summed E-state index contributed by atoms with van der Waals surface area (Å²) in [5.74, 6) is -0.118. The van der Waals surface area contributed by atoms with Gasteiger partial charge in [-0.15, -0.1) is 0 Å². The van der Waals surface area contributed by atoms with E-state index in [0.29, 0.717) is 25.2 Å². The van der Waals surface area contributed by atoms with Gasteiger partial charge in [0.25, 0.3) is 5.91 Å². The Balaban J connectivity index is 1.63. The molecule has 0 bridgehead atoms. The van der Waals surface area contributed by atoms with E-state index in [0.717, 1.165) is 11.3 Å². The Morgan fingerprint density at radius 2 is 1.92 bits per heavy atom. The monoisotopic (exact) mass is 323 g/mol. The summed E-state index contributed by atoms with van der Waals surface area (Å²) < 4.78 is 0. The topological polar surface area (TPSA) is 61.4 Å². The third-order valence-electron chi connectivity index (χ3n) is 4.24. The van der Waals surface area contributed by atoms with E-state index in [9.17, 15) is 9.59 Å². The Morgan fingerprint density at radius 1 is 1.17 bits per heavy atom. The van der Waals surface area contributed by atoms with Crippen LogP contribution < -0.4 is 15.5 Å². The first-order chi connectivity index (χ1) is 11.5. The molecule has 0 atom stereocenters. The van der Waals surface area contributed by atoms with Gasteiger partial charge in [-0.05, 0) is 49.2 Å². The quantitative estimate of drug-likeness (QED) is 0.909. The van der Waals surface area contributed by atoms with Gasteiger partial charge in [-0.25, -0.2) is 4.79 Å². The van der Waals surface area contributed by atoms with Gasteiger partial charge < -0.3 is 10.6 Å². The average Bonchev–Trinajstić information content (AvgIpc) is 3.00. The second-order valence-corrected chi connectivity index (χ2v) is 6.04. The van der Waals surface area contributed by atoms with Crippen molar-refractivity contribution in [2.45, 2.75) is 20.4 Å². The molecular weight excluding hydrogens is 302 g/mol. The van der Waals surface area contributed by atoms with Gasteiger partial charge in [0.15, 0.2) is 0 Å². The predicted molar refractivity (Wildman–Crippen MR) is 94.3 cm³/mol. The number of rotatable bonds is 4. The van der Waals surface area contributed by atoms with Crippen LogP contribution in [0, 0.1) is 13.8 Å². The van der Waals surface area contributed by atoms with E-state index in [-0.39, 0.29) is 11.9 Å². The van der Waals surface area contributed by atoms with Gasteiger partial charge in [0.05, 0.1) is 0 Å². The van der Waals surface area contributed by atoms with E-state index in [1.54, 1.807) is 29.2 Å². The predicted octanol–water partition coefficient (Wildman–Crippen LogP) is 2.76. The van der Waals surface area contributed by atoms with Gasteiger partial charge in [0.1, 0.15) is 0 Å². The second kappa shape index (κ2) is 6.74. The molecule has 24 heavy (non-hydrogen) atoms. The zero-order valence-corrected chi connectivity index (χ0v) is 13.9. The first-order valence-electron chi connectivity index (χ1n) is 8.04. The molecule has 2 aromatic rings. The molecule has 124 valence electrons. The molecule has 1 fully saturated rings. The van der Waals surface area contributed by atoms with Crippen molar-refractivity contribution in [3.8, 4) is 0 Å². The van der Waals surface area contributed by atoms with Crippen molar-refractivity contribution in [2.24, 2.45) is 0 Å². The van der Waals surface area contributed by atoms with Crippen LogP contribution in [0.3, 0.4) is 0 Å². The van der Waals surface area contributed by atoms with Crippen LogP contribution in [0.15, 0.2) is 42.5 Å². The largest absolute Gasteiger partial charge is 0.348 e. The second-order valence-electron chi connectivity index (χ2n) is 6.04. The Bertz CT molecular complexity index is 769. The molecule has 3 rings (SSSR count). The SMILES string of the molecule is Cc1ccc(CNC(=O)c2ccc(N3CCNC3=O)cc2)c(C)c1. The number of carbonyl (C=O) groups is 2. The molecule has 3 amide bonds. The summed E-state index contributed by atoms with van der Waals surface area (Å²) >= 11 is 0. The lowest BCUT2D eigenvalue weighted by Crippen LogP contribution is -2.28. The van der Waals surface area contributed by atoms with E-state index in [1.807, 2.05) is 19.1 Å². The average molecular weight is 323 g/mol. The van der Waals surface area contributed by atoms with Crippen molar-refractivity contribution < 1.29 is 9.59 Å². The molecule has 0 unspecified atom stereocenters. The fraction of sp³-hybridized carbons (Fsp3) is 0.263. The lowest BCUT2D eigenvalue weighted by atomic mass is 10.1. The molecule has 0 radical (unpaired) electrons. The molecule has 2 N–H and O–H groups in total. The van der Waals surface area contributed by atoms with E-state index in [4.69, 9.17) is 0 Å². The normalized spacial score (nSPS) is 13.8. The molecule has 5 heteroatoms. The van der Waals surface area contributed by atoms with Crippen LogP contribution in [0.4, 0.5) is 10.5 Å².